The fraction of sp³-hybridized carbons (Fsp3) is 0.547. The number of methoxy groups -OCH3 is 5. The minimum atomic E-state index is -1.74. The molecule has 4 aromatic carbocycles. The number of nitrogens with two attached hydrogens (primary N) is 3. The van der Waals surface area contributed by atoms with Gasteiger partial charge in [-0.2, -0.15) is 0 Å². The van der Waals surface area contributed by atoms with E-state index in [0.717, 1.165) is 49.7 Å². The van der Waals surface area contributed by atoms with E-state index in [9.17, 15) is 92.7 Å². The number of aldehydes is 1. The van der Waals surface area contributed by atoms with E-state index in [4.69, 9.17) is 70.2 Å². The van der Waals surface area contributed by atoms with Crippen LogP contribution >= 0.6 is 0 Å². The van der Waals surface area contributed by atoms with Crippen molar-refractivity contribution in [2.75, 3.05) is 48.8 Å². The molecule has 2 saturated heterocycles. The Morgan fingerprint density at radius 3 is 0.956 bits per heavy atom. The van der Waals surface area contributed by atoms with E-state index in [0.29, 0.717) is 12.8 Å². The molecule has 2 heterocycles. The van der Waals surface area contributed by atoms with Crippen LogP contribution < -0.4 is 55.3 Å². The normalized spacial score (nSPS) is 12.6. The Kier molecular flexibility index (Phi) is 67.7. The number of nitro groups is 3. The average Bonchev–Trinajstić information content (AvgIpc) is 1.66. The van der Waals surface area contributed by atoms with E-state index in [2.05, 4.69) is 55.6 Å². The predicted molar refractivity (Wildman–Crippen MR) is 487 cm³/mol. The highest BCUT2D eigenvalue weighted by atomic mass is 16.7. The van der Waals surface area contributed by atoms with E-state index < -0.39 is 157 Å². The van der Waals surface area contributed by atoms with E-state index >= 15 is 0 Å². The number of nitrogens with one attached hydrogen (secondary N) is 6. The van der Waals surface area contributed by atoms with E-state index in [1.54, 1.807) is 133 Å². The summed E-state index contributed by atoms with van der Waals surface area (Å²) in [5, 5.41) is 60.8. The minimum absolute atomic E-state index is 0. The zero-order valence-electron chi connectivity index (χ0n) is 79.8. The number of carbonyl (C=O) groups excluding carboxylic acids is 13. The van der Waals surface area contributed by atoms with Gasteiger partial charge in [0, 0.05) is 87.9 Å². The number of hydrogen-bond donors (Lipinski definition) is 12. The molecule has 49 nitrogen and oxygen atoms in total. The lowest BCUT2D eigenvalue weighted by atomic mass is 9.94. The summed E-state index contributed by atoms with van der Waals surface area (Å²) in [5.74, 6) is -5.36. The molecule has 2 aliphatic heterocycles. The Bertz CT molecular complexity index is 4240. The maximum Gasteiger partial charge on any atom is 0.506 e. The van der Waals surface area contributed by atoms with Crippen LogP contribution in [0.2, 0.25) is 0 Å². The van der Waals surface area contributed by atoms with Crippen molar-refractivity contribution < 1.29 is 159 Å². The number of carboxylic acids is 1. The molecule has 4 aromatic rings. The molecule has 5 unspecified atom stereocenters. The second-order valence-corrected chi connectivity index (χ2v) is 32.5. The Hall–Kier alpha value is -13.9. The van der Waals surface area contributed by atoms with Crippen molar-refractivity contribution in [1.29, 1.82) is 0 Å². The molecule has 49 heteroatoms. The van der Waals surface area contributed by atoms with Crippen molar-refractivity contribution in [2.24, 2.45) is 17.2 Å². The Morgan fingerprint density at radius 1 is 0.452 bits per heavy atom. The summed E-state index contributed by atoms with van der Waals surface area (Å²) in [6, 6.07) is 30.1. The summed E-state index contributed by atoms with van der Waals surface area (Å²) in [7, 11) is 5.89. The number of hydrogen-bond acceptors (Lipinski definition) is 37. The molecule has 135 heavy (non-hydrogen) atoms. The van der Waals surface area contributed by atoms with Crippen molar-refractivity contribution >= 4 is 90.5 Å². The first-order valence-electron chi connectivity index (χ1n) is 39.9. The van der Waals surface area contributed by atoms with Gasteiger partial charge in [0.05, 0.1) is 46.6 Å². The molecule has 0 saturated carbocycles. The van der Waals surface area contributed by atoms with Gasteiger partial charge < -0.3 is 122 Å². The zero-order chi connectivity index (χ0) is 103. The monoisotopic (exact) mass is 1930 g/mol. The second kappa shape index (κ2) is 68.1. The number of aliphatic carboxylic acids is 1. The summed E-state index contributed by atoms with van der Waals surface area (Å²) >= 11 is 0. The van der Waals surface area contributed by atoms with Gasteiger partial charge in [0.15, 0.2) is 18.1 Å². The molecule has 764 valence electrons. The maximum absolute atomic E-state index is 12.2. The van der Waals surface area contributed by atoms with Gasteiger partial charge in [-0.3, -0.25) is 59.6 Å². The number of alkyl carbamates (subject to hydrolysis) is 5. The van der Waals surface area contributed by atoms with Crippen molar-refractivity contribution in [3.63, 3.8) is 0 Å². The van der Waals surface area contributed by atoms with Gasteiger partial charge in [-0.1, -0.05) is 129 Å². The molecule has 0 aromatic heterocycles. The van der Waals surface area contributed by atoms with Crippen LogP contribution in [0.4, 0.5) is 28.8 Å². The number of benzene rings is 4. The summed E-state index contributed by atoms with van der Waals surface area (Å²) < 4.78 is 57.3. The van der Waals surface area contributed by atoms with Gasteiger partial charge in [-0.25, -0.2) is 47.9 Å². The van der Waals surface area contributed by atoms with Gasteiger partial charge in [0.1, 0.15) is 49.7 Å². The lowest BCUT2D eigenvalue weighted by Crippen LogP contribution is -2.62. The number of amides is 7. The molecule has 0 spiro atoms. The van der Waals surface area contributed by atoms with Gasteiger partial charge in [-0.15, -0.1) is 0 Å². The zero-order valence-corrected chi connectivity index (χ0v) is 79.8. The third-order valence-electron chi connectivity index (χ3n) is 16.4. The Labute approximate surface area is 784 Å². The topological polar surface area (TPSA) is 753 Å². The second-order valence-electron chi connectivity index (χ2n) is 32.5. The minimum Gasteiger partial charge on any atom is -0.476 e. The van der Waals surface area contributed by atoms with E-state index in [1.165, 1.54) is 61.9 Å². The first kappa shape index (κ1) is 134. The van der Waals surface area contributed by atoms with Crippen LogP contribution in [0.5, 0.6) is 0 Å². The van der Waals surface area contributed by atoms with Crippen LogP contribution in [-0.4, -0.2) is 245 Å². The Morgan fingerprint density at radius 2 is 0.719 bits per heavy atom. The fourth-order valence-electron chi connectivity index (χ4n) is 8.68. The van der Waals surface area contributed by atoms with Gasteiger partial charge >= 0.3 is 72.4 Å². The number of imide groups is 1. The molecule has 19 N–H and O–H groups in total. The predicted octanol–water partition coefficient (Wildman–Crippen LogP) is 7.81. The molecule has 0 bridgehead atoms. The lowest BCUT2D eigenvalue weighted by molar-refractivity contribution is -0.562. The van der Waals surface area contributed by atoms with Gasteiger partial charge in [-0.05, 0) is 118 Å². The molecule has 6 rings (SSSR count). The first-order valence-corrected chi connectivity index (χ1v) is 39.9. The van der Waals surface area contributed by atoms with Crippen LogP contribution in [0.1, 0.15) is 180 Å². The van der Waals surface area contributed by atoms with Crippen molar-refractivity contribution in [3.8, 4) is 0 Å². The van der Waals surface area contributed by atoms with Crippen LogP contribution in [0, 0.1) is 30.3 Å². The summed E-state index contributed by atoms with van der Waals surface area (Å²) in [4.78, 5) is 194. The summed E-state index contributed by atoms with van der Waals surface area (Å²) in [5.41, 5.74) is 12.4. The lowest BCUT2D eigenvalue weighted by Gasteiger charge is -2.34. The quantitative estimate of drug-likeness (QED) is 0.00515. The molecule has 2 aliphatic rings. The number of carboxylic acid groups (broad SMARTS) is 2. The number of carbonyl (C=O) groups is 15. The van der Waals surface area contributed by atoms with E-state index in [-0.39, 0.29) is 68.5 Å². The van der Waals surface area contributed by atoms with Crippen molar-refractivity contribution in [2.45, 2.75) is 259 Å². The largest absolute Gasteiger partial charge is 0.506 e. The maximum atomic E-state index is 12.2. The molecular weight excluding hydrogens is 1790 g/mol. The fourth-order valence-corrected chi connectivity index (χ4v) is 8.68. The average molecular weight is 1930 g/mol. The standard InChI is InChI=1S/C19H28N2O6.C14H18N2O6.C14H20N2O4.C11H22N2O4.C8H8O3.C6H12N2O4.C4H5NO2.C4H8O.C3H7NO2.C2H2O3.CH4.H3N.H2O/c1-18(2,3)27-17(24)21-19(4,5)14(15(22)25-6)20-16(23)26-12-13-10-8-7-9-11-13;1-14(2,16(19)20)11(12(17)21-3)15-13(18)22-9-10-7-5-4-6-8-10;1-14(2,15)11(12(17)19-3)16-13(18)20-9-10-7-5-4-6-8-10;1-10(2,3)17-9(15)13-11(4,5)7(12)8(14)16-6;9-8(10)11-6-7-4-2-1-3-5-7;1-6(2,8(10)11)4(7)5(9)12-3;6-3-1-2-4(7)5-3;1-2-4-5-3-1;1-3(2)4(5)6;3-1-2(4)5;;;/h7-11,14H,12H2,1-6H3,(H,20,23)(H,21,24);4-8,11H,9H2,1-3H3,(H,15,18);4-8,11H,9,15H2,1-3H3,(H,16,18);7H,12H2,1-6H3,(H,13,15);1-5H,6H2,(H,9,10);4H,7H2,1-3H3;1-2H2,(H,5,6,7);1-4H2;3H,1-2H3;1H,(H,4,5);1H4;1H3;1H2. The molecular formula is C86H139N13O36. The van der Waals surface area contributed by atoms with Gasteiger partial charge in [0.25, 0.3) is 0 Å². The summed E-state index contributed by atoms with van der Waals surface area (Å²) in [6.07, 6.45) is -1.92. The van der Waals surface area contributed by atoms with Crippen LogP contribution in [0.3, 0.4) is 0 Å². The van der Waals surface area contributed by atoms with Crippen LogP contribution in [-0.2, 0) is 126 Å². The van der Waals surface area contributed by atoms with Gasteiger partial charge in [0.2, 0.25) is 35.2 Å². The summed E-state index contributed by atoms with van der Waals surface area (Å²) in [6.45, 7) is 30.3. The third-order valence-corrected chi connectivity index (χ3v) is 16.4. The SMILES string of the molecule is C.C1CCOC1.CC(C)[N+](=O)[O-].COC(=O)C(N)C(C)(C)NC(=O)OC(C)(C)C.COC(=O)C(N)C(C)(C)[N+](=O)[O-].COC(=O)C(NC(=O)OCc1ccccc1)C(C)(C)N.COC(=O)C(NC(=O)OCc1ccccc1)C(C)(C)NC(=O)OC(C)(C)C.COC(=O)C(NC(=O)OCc1ccccc1)C(C)(C)[N+](=O)[O-].N.O.O=C(O)OCc1ccccc1.O=C1CCC(=O)N1.O=CC(=O)O. The van der Waals surface area contributed by atoms with Crippen molar-refractivity contribution in [1.82, 2.24) is 38.1 Å². The molecule has 7 amide bonds. The molecule has 2 fully saturated rings. The molecule has 0 aliphatic carbocycles. The smallest absolute Gasteiger partial charge is 0.476 e. The van der Waals surface area contributed by atoms with Crippen molar-refractivity contribution in [3.05, 3.63) is 174 Å². The first-order chi connectivity index (χ1) is 60.9. The number of nitrogens with zero attached hydrogens (tertiary/aromatic N) is 3. The highest BCUT2D eigenvalue weighted by Crippen LogP contribution is 2.20. The highest BCUT2D eigenvalue weighted by molar-refractivity contribution is 6.19. The van der Waals surface area contributed by atoms with E-state index in [1.807, 2.05) is 84.9 Å². The molecule has 0 radical (unpaired) electrons. The highest BCUT2D eigenvalue weighted by Gasteiger charge is 2.48. The number of rotatable bonds is 27. The van der Waals surface area contributed by atoms with Crippen LogP contribution in [0.15, 0.2) is 121 Å². The number of ether oxygens (including phenoxy) is 12. The molecule has 5 atom stereocenters. The van der Waals surface area contributed by atoms with Crippen LogP contribution in [0.25, 0.3) is 0 Å². The Balaban J connectivity index is -0.000000280. The number of esters is 5. The third kappa shape index (κ3) is 63.7.